The summed E-state index contributed by atoms with van der Waals surface area (Å²) in [6.45, 7) is 3.04. The molecule has 4 heteroatoms. The van der Waals surface area contributed by atoms with Crippen LogP contribution in [0.3, 0.4) is 0 Å². The van der Waals surface area contributed by atoms with Crippen molar-refractivity contribution >= 4 is 12.6 Å². The van der Waals surface area contributed by atoms with Crippen molar-refractivity contribution in [1.29, 1.82) is 0 Å². The van der Waals surface area contributed by atoms with Crippen LogP contribution in [0.1, 0.15) is 71.1 Å². The Hall–Kier alpha value is -1.78. The van der Waals surface area contributed by atoms with Crippen LogP contribution in [0.2, 0.25) is 0 Å². The van der Waals surface area contributed by atoms with E-state index in [4.69, 9.17) is 14.8 Å². The lowest BCUT2D eigenvalue weighted by Crippen LogP contribution is -2.29. The molecule has 0 unspecified atom stereocenters. The summed E-state index contributed by atoms with van der Waals surface area (Å²) in [5.74, 6) is 0.905. The van der Waals surface area contributed by atoms with Gasteiger partial charge in [-0.15, -0.1) is 0 Å². The molecule has 0 aromatic heterocycles. The van der Waals surface area contributed by atoms with Crippen molar-refractivity contribution in [1.82, 2.24) is 0 Å². The van der Waals surface area contributed by atoms with Gasteiger partial charge in [0.25, 0.3) is 0 Å². The van der Waals surface area contributed by atoms with Crippen LogP contribution in [0.15, 0.2) is 48.5 Å². The molecule has 0 amide bonds. The topological polar surface area (TPSA) is 49.7 Å². The van der Waals surface area contributed by atoms with Crippen molar-refractivity contribution in [2.45, 2.75) is 71.1 Å². The van der Waals surface area contributed by atoms with Gasteiger partial charge < -0.3 is 14.8 Å². The van der Waals surface area contributed by atoms with Crippen LogP contribution < -0.4 is 10.2 Å². The average molecular weight is 382 g/mol. The number of rotatable bonds is 14. The molecule has 0 aliphatic carbocycles. The Labute approximate surface area is 170 Å². The Kier molecular flexibility index (Phi) is 10.8. The molecule has 0 spiro atoms. The number of hydrogen-bond donors (Lipinski definition) is 2. The van der Waals surface area contributed by atoms with Gasteiger partial charge in [-0.1, -0.05) is 101 Å². The molecular weight excluding hydrogens is 347 g/mol. The SMILES string of the molecule is CCCCCCCCCCCCOc1ccc(-c2ccc(B(O)O)cc2)cc1. The molecule has 0 radical (unpaired) electrons. The van der Waals surface area contributed by atoms with Gasteiger partial charge in [-0.25, -0.2) is 0 Å². The summed E-state index contributed by atoms with van der Waals surface area (Å²) in [5.41, 5.74) is 2.64. The van der Waals surface area contributed by atoms with E-state index < -0.39 is 7.12 Å². The standard InChI is InChI=1S/C24H35BO3/c1-2-3-4-5-6-7-8-9-10-11-20-28-24-18-14-22(15-19-24)21-12-16-23(17-13-21)25(26)27/h12-19,26-27H,2-11,20H2,1H3. The van der Waals surface area contributed by atoms with E-state index >= 15 is 0 Å². The van der Waals surface area contributed by atoms with Crippen molar-refractivity contribution in [3.05, 3.63) is 48.5 Å². The molecule has 2 rings (SSSR count). The van der Waals surface area contributed by atoms with E-state index in [0.29, 0.717) is 5.46 Å². The fourth-order valence-electron chi connectivity index (χ4n) is 3.37. The highest BCUT2D eigenvalue weighted by molar-refractivity contribution is 6.58. The summed E-state index contributed by atoms with van der Waals surface area (Å²) < 4.78 is 5.85. The summed E-state index contributed by atoms with van der Waals surface area (Å²) in [7, 11) is -1.42. The molecule has 0 aliphatic heterocycles. The van der Waals surface area contributed by atoms with Crippen molar-refractivity contribution in [2.75, 3.05) is 6.61 Å². The molecule has 152 valence electrons. The molecule has 0 heterocycles. The number of unbranched alkanes of at least 4 members (excludes halogenated alkanes) is 9. The first kappa shape index (κ1) is 22.5. The lowest BCUT2D eigenvalue weighted by Gasteiger charge is -2.08. The average Bonchev–Trinajstić information content (AvgIpc) is 2.72. The normalized spacial score (nSPS) is 10.8. The molecule has 0 aliphatic rings. The minimum Gasteiger partial charge on any atom is -0.494 e. The van der Waals surface area contributed by atoms with Crippen LogP contribution in [0.4, 0.5) is 0 Å². The van der Waals surface area contributed by atoms with Crippen LogP contribution in [-0.4, -0.2) is 23.8 Å². The van der Waals surface area contributed by atoms with Crippen molar-refractivity contribution in [3.63, 3.8) is 0 Å². The summed E-state index contributed by atoms with van der Waals surface area (Å²) in [5, 5.41) is 18.3. The highest BCUT2D eigenvalue weighted by Crippen LogP contribution is 2.22. The minimum atomic E-state index is -1.42. The third kappa shape index (κ3) is 8.49. The van der Waals surface area contributed by atoms with Gasteiger partial charge in [0.1, 0.15) is 5.75 Å². The predicted octanol–water partition coefficient (Wildman–Crippen LogP) is 5.33. The van der Waals surface area contributed by atoms with E-state index in [1.165, 1.54) is 57.8 Å². The van der Waals surface area contributed by atoms with E-state index in [0.717, 1.165) is 29.9 Å². The second-order valence-electron chi connectivity index (χ2n) is 7.55. The summed E-state index contributed by atoms with van der Waals surface area (Å²) in [6, 6.07) is 15.3. The maximum atomic E-state index is 9.16. The lowest BCUT2D eigenvalue weighted by atomic mass is 9.80. The predicted molar refractivity (Wildman–Crippen MR) is 119 cm³/mol. The zero-order valence-electron chi connectivity index (χ0n) is 17.3. The van der Waals surface area contributed by atoms with Gasteiger partial charge in [0.15, 0.2) is 0 Å². The van der Waals surface area contributed by atoms with E-state index in [-0.39, 0.29) is 0 Å². The zero-order chi connectivity index (χ0) is 20.0. The Balaban J connectivity index is 1.59. The van der Waals surface area contributed by atoms with Gasteiger partial charge in [-0.2, -0.15) is 0 Å². The molecular formula is C24H35BO3. The van der Waals surface area contributed by atoms with Crippen LogP contribution in [0.25, 0.3) is 11.1 Å². The fourth-order valence-corrected chi connectivity index (χ4v) is 3.37. The zero-order valence-corrected chi connectivity index (χ0v) is 17.3. The maximum absolute atomic E-state index is 9.16. The van der Waals surface area contributed by atoms with Gasteiger partial charge in [-0.05, 0) is 35.1 Å². The molecule has 0 bridgehead atoms. The molecule has 2 aromatic carbocycles. The first-order valence-electron chi connectivity index (χ1n) is 10.9. The van der Waals surface area contributed by atoms with Gasteiger partial charge in [0, 0.05) is 0 Å². The van der Waals surface area contributed by atoms with Crippen molar-refractivity contribution in [2.24, 2.45) is 0 Å². The van der Waals surface area contributed by atoms with E-state index in [1.54, 1.807) is 12.1 Å². The van der Waals surface area contributed by atoms with Crippen molar-refractivity contribution < 1.29 is 14.8 Å². The first-order chi connectivity index (χ1) is 13.7. The molecule has 3 nitrogen and oxygen atoms in total. The largest absolute Gasteiger partial charge is 0.494 e. The van der Waals surface area contributed by atoms with Gasteiger partial charge in [0.05, 0.1) is 6.61 Å². The molecule has 0 saturated carbocycles. The van der Waals surface area contributed by atoms with E-state index in [2.05, 4.69) is 6.92 Å². The second kappa shape index (κ2) is 13.4. The quantitative estimate of drug-likeness (QED) is 0.343. The van der Waals surface area contributed by atoms with Crippen LogP contribution in [0.5, 0.6) is 5.75 Å². The third-order valence-electron chi connectivity index (χ3n) is 5.16. The Morgan fingerprint density at radius 3 is 1.61 bits per heavy atom. The highest BCUT2D eigenvalue weighted by atomic mass is 16.5. The summed E-state index contributed by atoms with van der Waals surface area (Å²) in [4.78, 5) is 0. The maximum Gasteiger partial charge on any atom is 0.488 e. The van der Waals surface area contributed by atoms with Gasteiger partial charge in [0.2, 0.25) is 0 Å². The first-order valence-corrected chi connectivity index (χ1v) is 10.9. The smallest absolute Gasteiger partial charge is 0.488 e. The number of ether oxygens (including phenoxy) is 1. The highest BCUT2D eigenvalue weighted by Gasteiger charge is 2.10. The van der Waals surface area contributed by atoms with Crippen LogP contribution in [-0.2, 0) is 0 Å². The Morgan fingerprint density at radius 2 is 1.11 bits per heavy atom. The van der Waals surface area contributed by atoms with Crippen molar-refractivity contribution in [3.8, 4) is 16.9 Å². The molecule has 0 fully saturated rings. The molecule has 2 aromatic rings. The Bertz CT molecular complexity index is 638. The number of hydrogen-bond acceptors (Lipinski definition) is 3. The monoisotopic (exact) mass is 382 g/mol. The fraction of sp³-hybridized carbons (Fsp3) is 0.500. The third-order valence-corrected chi connectivity index (χ3v) is 5.16. The molecule has 2 N–H and O–H groups in total. The molecule has 0 saturated heterocycles. The van der Waals surface area contributed by atoms with Crippen LogP contribution >= 0.6 is 0 Å². The van der Waals surface area contributed by atoms with Gasteiger partial charge in [-0.3, -0.25) is 0 Å². The Morgan fingerprint density at radius 1 is 0.643 bits per heavy atom. The summed E-state index contributed by atoms with van der Waals surface area (Å²) in [6.07, 6.45) is 13.3. The molecule has 0 atom stereocenters. The summed E-state index contributed by atoms with van der Waals surface area (Å²) >= 11 is 0. The van der Waals surface area contributed by atoms with E-state index in [1.807, 2.05) is 36.4 Å². The molecule has 28 heavy (non-hydrogen) atoms. The lowest BCUT2D eigenvalue weighted by molar-refractivity contribution is 0.304. The number of benzene rings is 2. The van der Waals surface area contributed by atoms with E-state index in [9.17, 15) is 0 Å². The van der Waals surface area contributed by atoms with Crippen LogP contribution in [0, 0.1) is 0 Å². The van der Waals surface area contributed by atoms with Gasteiger partial charge >= 0.3 is 7.12 Å². The minimum absolute atomic E-state index is 0.500. The second-order valence-corrected chi connectivity index (χ2v) is 7.55.